The van der Waals surface area contributed by atoms with E-state index in [4.69, 9.17) is 5.73 Å². The zero-order valence-corrected chi connectivity index (χ0v) is 8.02. The van der Waals surface area contributed by atoms with Crippen LogP contribution in [0, 0.1) is 0 Å². The average Bonchev–Trinajstić information content (AvgIpc) is 1.91. The molecule has 0 aromatic carbocycles. The van der Waals surface area contributed by atoms with Crippen molar-refractivity contribution in [2.45, 2.75) is 32.1 Å². The molecule has 60 valence electrons. The van der Waals surface area contributed by atoms with Crippen LogP contribution >= 0.6 is 17.0 Å². The van der Waals surface area contributed by atoms with Gasteiger partial charge in [0, 0.05) is 0 Å². The summed E-state index contributed by atoms with van der Waals surface area (Å²) >= 11 is 0. The van der Waals surface area contributed by atoms with E-state index in [1.165, 1.54) is 25.7 Å². The van der Waals surface area contributed by atoms with Gasteiger partial charge in [-0.05, 0) is 38.6 Å². The molecule has 0 amide bonds. The molecule has 0 fully saturated rings. The topological polar surface area (TPSA) is 26.0 Å². The lowest BCUT2D eigenvalue weighted by atomic mass is 9.97. The molecule has 0 saturated heterocycles. The Morgan fingerprint density at radius 2 is 2.20 bits per heavy atom. The van der Waals surface area contributed by atoms with Crippen molar-refractivity contribution in [3.63, 3.8) is 0 Å². The minimum atomic E-state index is 0. The Labute approximate surface area is 73.5 Å². The highest BCUT2D eigenvalue weighted by atomic mass is 79.9. The number of halogens is 1. The maximum absolute atomic E-state index is 5.42. The van der Waals surface area contributed by atoms with Gasteiger partial charge in [0.15, 0.2) is 0 Å². The summed E-state index contributed by atoms with van der Waals surface area (Å²) in [6.07, 6.45) is 8.84. The third kappa shape index (κ3) is 3.37. The van der Waals surface area contributed by atoms with Gasteiger partial charge in [-0.25, -0.2) is 0 Å². The fourth-order valence-corrected chi connectivity index (χ4v) is 1.32. The Kier molecular flexibility index (Phi) is 6.03. The summed E-state index contributed by atoms with van der Waals surface area (Å²) in [5.74, 6) is 0. The van der Waals surface area contributed by atoms with E-state index in [9.17, 15) is 0 Å². The third-order valence-corrected chi connectivity index (χ3v) is 1.85. The zero-order valence-electron chi connectivity index (χ0n) is 6.31. The molecule has 0 atom stereocenters. The maximum Gasteiger partial charge on any atom is -0.00399 e. The smallest absolute Gasteiger partial charge is 0.00399 e. The second-order valence-corrected chi connectivity index (χ2v) is 2.65. The minimum Gasteiger partial charge on any atom is -0.330 e. The van der Waals surface area contributed by atoms with Gasteiger partial charge in [0.2, 0.25) is 0 Å². The average molecular weight is 206 g/mol. The molecule has 10 heavy (non-hydrogen) atoms. The van der Waals surface area contributed by atoms with Crippen molar-refractivity contribution in [3.05, 3.63) is 11.6 Å². The van der Waals surface area contributed by atoms with Crippen LogP contribution in [0.5, 0.6) is 0 Å². The second-order valence-electron chi connectivity index (χ2n) is 2.65. The molecule has 0 unspecified atom stereocenters. The highest BCUT2D eigenvalue weighted by molar-refractivity contribution is 8.93. The number of allylic oxidation sites excluding steroid dienone is 1. The highest BCUT2D eigenvalue weighted by Gasteiger charge is 2.00. The number of hydrogen-bond acceptors (Lipinski definition) is 1. The highest BCUT2D eigenvalue weighted by Crippen LogP contribution is 2.18. The molecular formula is C8H16BrN. The quantitative estimate of drug-likeness (QED) is 0.690. The van der Waals surface area contributed by atoms with Gasteiger partial charge in [-0.1, -0.05) is 11.6 Å². The van der Waals surface area contributed by atoms with Crippen LogP contribution in [-0.4, -0.2) is 6.54 Å². The van der Waals surface area contributed by atoms with Gasteiger partial charge >= 0.3 is 0 Å². The van der Waals surface area contributed by atoms with E-state index in [0.717, 1.165) is 13.0 Å². The maximum atomic E-state index is 5.42. The van der Waals surface area contributed by atoms with Crippen molar-refractivity contribution < 1.29 is 0 Å². The molecule has 1 aliphatic carbocycles. The molecule has 2 N–H and O–H groups in total. The normalized spacial score (nSPS) is 17.5. The molecule has 0 aromatic heterocycles. The van der Waals surface area contributed by atoms with Crippen LogP contribution in [0.3, 0.4) is 0 Å². The second kappa shape index (κ2) is 5.93. The van der Waals surface area contributed by atoms with Crippen molar-refractivity contribution in [1.82, 2.24) is 0 Å². The Morgan fingerprint density at radius 3 is 2.70 bits per heavy atom. The summed E-state index contributed by atoms with van der Waals surface area (Å²) in [7, 11) is 0. The van der Waals surface area contributed by atoms with Crippen molar-refractivity contribution in [2.75, 3.05) is 6.54 Å². The molecule has 1 nitrogen and oxygen atoms in total. The Balaban J connectivity index is 0.000000810. The Morgan fingerprint density at radius 1 is 1.40 bits per heavy atom. The Bertz CT molecular complexity index is 110. The van der Waals surface area contributed by atoms with Gasteiger partial charge in [-0.2, -0.15) is 0 Å². The van der Waals surface area contributed by atoms with E-state index < -0.39 is 0 Å². The van der Waals surface area contributed by atoms with Crippen molar-refractivity contribution in [3.8, 4) is 0 Å². The number of hydrogen-bond donors (Lipinski definition) is 1. The van der Waals surface area contributed by atoms with Gasteiger partial charge in [0.05, 0.1) is 0 Å². The molecule has 0 radical (unpaired) electrons. The summed E-state index contributed by atoms with van der Waals surface area (Å²) in [5, 5.41) is 0. The molecule has 0 bridgehead atoms. The monoisotopic (exact) mass is 205 g/mol. The first-order valence-corrected chi connectivity index (χ1v) is 3.81. The summed E-state index contributed by atoms with van der Waals surface area (Å²) in [6.45, 7) is 0.825. The lowest BCUT2D eigenvalue weighted by Crippen LogP contribution is -2.02. The van der Waals surface area contributed by atoms with Gasteiger partial charge in [-0.15, -0.1) is 17.0 Å². The predicted octanol–water partition coefficient (Wildman–Crippen LogP) is 2.41. The molecule has 0 spiro atoms. The minimum absolute atomic E-state index is 0. The summed E-state index contributed by atoms with van der Waals surface area (Å²) in [6, 6.07) is 0. The van der Waals surface area contributed by atoms with Crippen LogP contribution in [0.2, 0.25) is 0 Å². The number of nitrogens with two attached hydrogens (primary N) is 1. The summed E-state index contributed by atoms with van der Waals surface area (Å²) in [4.78, 5) is 0. The van der Waals surface area contributed by atoms with E-state index in [0.29, 0.717) is 0 Å². The molecule has 0 aliphatic heterocycles. The Hall–Kier alpha value is 0.180. The molecule has 1 rings (SSSR count). The van der Waals surface area contributed by atoms with E-state index in [1.807, 2.05) is 0 Å². The van der Waals surface area contributed by atoms with Crippen molar-refractivity contribution in [2.24, 2.45) is 5.73 Å². The lowest BCUT2D eigenvalue weighted by molar-refractivity contribution is 0.676. The lowest BCUT2D eigenvalue weighted by Gasteiger charge is -2.10. The SMILES string of the molecule is Br.NCCC1=CCCCC1. The molecule has 2 heteroatoms. The van der Waals surface area contributed by atoms with Crippen LogP contribution in [0.15, 0.2) is 11.6 Å². The van der Waals surface area contributed by atoms with Gasteiger partial charge < -0.3 is 5.73 Å². The van der Waals surface area contributed by atoms with E-state index >= 15 is 0 Å². The standard InChI is InChI=1S/C8H15N.BrH/c9-7-6-8-4-2-1-3-5-8;/h4H,1-3,5-7,9H2;1H. The van der Waals surface area contributed by atoms with Crippen molar-refractivity contribution >= 4 is 17.0 Å². The molecule has 0 aromatic rings. The number of rotatable bonds is 2. The predicted molar refractivity (Wildman–Crippen MR) is 50.5 cm³/mol. The molecular weight excluding hydrogens is 190 g/mol. The van der Waals surface area contributed by atoms with Gasteiger partial charge in [0.25, 0.3) is 0 Å². The third-order valence-electron chi connectivity index (χ3n) is 1.85. The van der Waals surface area contributed by atoms with Crippen LogP contribution in [0.4, 0.5) is 0 Å². The van der Waals surface area contributed by atoms with E-state index in [2.05, 4.69) is 6.08 Å². The first kappa shape index (κ1) is 10.2. The molecule has 0 saturated carbocycles. The fraction of sp³-hybridized carbons (Fsp3) is 0.750. The van der Waals surface area contributed by atoms with Crippen LogP contribution < -0.4 is 5.73 Å². The summed E-state index contributed by atoms with van der Waals surface area (Å²) < 4.78 is 0. The van der Waals surface area contributed by atoms with Crippen molar-refractivity contribution in [1.29, 1.82) is 0 Å². The molecule has 0 heterocycles. The first-order valence-electron chi connectivity index (χ1n) is 3.81. The summed E-state index contributed by atoms with van der Waals surface area (Å²) in [5.41, 5.74) is 7.01. The van der Waals surface area contributed by atoms with Crippen LogP contribution in [0.25, 0.3) is 0 Å². The van der Waals surface area contributed by atoms with Crippen LogP contribution in [0.1, 0.15) is 32.1 Å². The zero-order chi connectivity index (χ0) is 6.53. The van der Waals surface area contributed by atoms with E-state index in [-0.39, 0.29) is 17.0 Å². The van der Waals surface area contributed by atoms with Gasteiger partial charge in [0.1, 0.15) is 0 Å². The largest absolute Gasteiger partial charge is 0.330 e. The molecule has 1 aliphatic rings. The van der Waals surface area contributed by atoms with Gasteiger partial charge in [-0.3, -0.25) is 0 Å². The van der Waals surface area contributed by atoms with E-state index in [1.54, 1.807) is 5.57 Å². The fourth-order valence-electron chi connectivity index (χ4n) is 1.32. The first-order chi connectivity index (χ1) is 4.43. The van der Waals surface area contributed by atoms with Crippen LogP contribution in [-0.2, 0) is 0 Å².